The molecule has 2 bridgehead atoms. The van der Waals surface area contributed by atoms with Crippen molar-refractivity contribution in [2.45, 2.75) is 69.4 Å². The van der Waals surface area contributed by atoms with E-state index in [2.05, 4.69) is 5.32 Å². The van der Waals surface area contributed by atoms with Crippen LogP contribution < -0.4 is 5.32 Å². The van der Waals surface area contributed by atoms with Crippen LogP contribution in [0.15, 0.2) is 4.99 Å². The molecule has 3 atom stereocenters. The lowest BCUT2D eigenvalue weighted by atomic mass is 9.83. The summed E-state index contributed by atoms with van der Waals surface area (Å²) in [6, 6.07) is 0.664. The summed E-state index contributed by atoms with van der Waals surface area (Å²) in [5.41, 5.74) is 0.430. The third-order valence-electron chi connectivity index (χ3n) is 5.65. The van der Waals surface area contributed by atoms with E-state index in [0.717, 1.165) is 11.8 Å². The largest absolute Gasteiger partial charge is 0.359 e. The second kappa shape index (κ2) is 4.43. The molecule has 4 aliphatic rings. The van der Waals surface area contributed by atoms with Crippen LogP contribution in [0.5, 0.6) is 0 Å². The van der Waals surface area contributed by atoms with Gasteiger partial charge in [0.2, 0.25) is 0 Å². The van der Waals surface area contributed by atoms with E-state index in [-0.39, 0.29) is 0 Å². The molecular weight excluding hydrogens is 240 g/mol. The van der Waals surface area contributed by atoms with E-state index < -0.39 is 0 Å². The van der Waals surface area contributed by atoms with Gasteiger partial charge in [-0.2, -0.15) is 0 Å². The topological polar surface area (TPSA) is 24.4 Å². The lowest BCUT2D eigenvalue weighted by molar-refractivity contribution is 0.303. The third-order valence-corrected chi connectivity index (χ3v) is 6.83. The van der Waals surface area contributed by atoms with Gasteiger partial charge in [0.25, 0.3) is 0 Å². The summed E-state index contributed by atoms with van der Waals surface area (Å²) in [7, 11) is 0. The molecule has 0 amide bonds. The van der Waals surface area contributed by atoms with E-state index in [1.807, 2.05) is 11.8 Å². The normalized spacial score (nSPS) is 43.8. The first-order valence-electron chi connectivity index (χ1n) is 7.82. The Balaban J connectivity index is 1.44. The lowest BCUT2D eigenvalue weighted by Gasteiger charge is -2.32. The maximum absolute atomic E-state index is 5.08. The average molecular weight is 264 g/mol. The van der Waals surface area contributed by atoms with E-state index in [4.69, 9.17) is 4.99 Å². The van der Waals surface area contributed by atoms with Crippen molar-refractivity contribution in [2.24, 2.45) is 16.8 Å². The monoisotopic (exact) mass is 264 g/mol. The zero-order valence-corrected chi connectivity index (χ0v) is 12.0. The van der Waals surface area contributed by atoms with Crippen LogP contribution in [0, 0.1) is 11.8 Å². The van der Waals surface area contributed by atoms with Crippen LogP contribution in [-0.2, 0) is 0 Å². The molecule has 18 heavy (non-hydrogen) atoms. The van der Waals surface area contributed by atoms with Gasteiger partial charge in [-0.05, 0) is 43.9 Å². The molecule has 4 fully saturated rings. The summed E-state index contributed by atoms with van der Waals surface area (Å²) in [6.45, 7) is 0. The van der Waals surface area contributed by atoms with Crippen molar-refractivity contribution in [1.29, 1.82) is 0 Å². The molecule has 1 spiro atoms. The van der Waals surface area contributed by atoms with Crippen LogP contribution >= 0.6 is 11.8 Å². The van der Waals surface area contributed by atoms with Gasteiger partial charge in [0.1, 0.15) is 0 Å². The molecule has 1 N–H and O–H groups in total. The van der Waals surface area contributed by atoms with Crippen LogP contribution in [-0.4, -0.2) is 22.5 Å². The van der Waals surface area contributed by atoms with Gasteiger partial charge in [-0.3, -0.25) is 4.99 Å². The van der Waals surface area contributed by atoms with E-state index in [1.54, 1.807) is 0 Å². The van der Waals surface area contributed by atoms with Gasteiger partial charge >= 0.3 is 0 Å². The number of aliphatic imine (C=N–C) groups is 1. The Labute approximate surface area is 114 Å². The van der Waals surface area contributed by atoms with Crippen LogP contribution in [0.25, 0.3) is 0 Å². The first kappa shape index (κ1) is 11.6. The molecule has 3 unspecified atom stereocenters. The Morgan fingerprint density at radius 2 is 2.00 bits per heavy atom. The summed E-state index contributed by atoms with van der Waals surface area (Å²) >= 11 is 2.00. The molecule has 3 saturated carbocycles. The van der Waals surface area contributed by atoms with Gasteiger partial charge in [0.15, 0.2) is 5.17 Å². The minimum absolute atomic E-state index is 0.430. The van der Waals surface area contributed by atoms with Crippen molar-refractivity contribution in [1.82, 2.24) is 5.32 Å². The number of hydrogen-bond acceptors (Lipinski definition) is 2. The highest BCUT2D eigenvalue weighted by Crippen LogP contribution is 2.46. The third kappa shape index (κ3) is 1.99. The molecule has 0 radical (unpaired) electrons. The Bertz CT molecular complexity index is 360. The van der Waals surface area contributed by atoms with Gasteiger partial charge in [-0.1, -0.05) is 37.4 Å². The maximum Gasteiger partial charge on any atom is 0.157 e. The Morgan fingerprint density at radius 3 is 2.72 bits per heavy atom. The Morgan fingerprint density at radius 1 is 1.11 bits per heavy atom. The van der Waals surface area contributed by atoms with E-state index in [0.29, 0.717) is 11.6 Å². The first-order chi connectivity index (χ1) is 8.83. The molecule has 1 saturated heterocycles. The second-order valence-corrected chi connectivity index (χ2v) is 7.90. The summed E-state index contributed by atoms with van der Waals surface area (Å²) < 4.78 is 0. The molecule has 3 aliphatic carbocycles. The number of hydrogen-bond donors (Lipinski definition) is 1. The van der Waals surface area contributed by atoms with E-state index in [1.165, 1.54) is 68.7 Å². The minimum atomic E-state index is 0.430. The number of thioether (sulfide) groups is 1. The molecular formula is C15H24N2S. The van der Waals surface area contributed by atoms with Crippen LogP contribution in [0.4, 0.5) is 0 Å². The van der Waals surface area contributed by atoms with Crippen molar-refractivity contribution in [3.05, 3.63) is 0 Å². The summed E-state index contributed by atoms with van der Waals surface area (Å²) in [4.78, 5) is 5.08. The Kier molecular flexibility index (Phi) is 2.86. The minimum Gasteiger partial charge on any atom is -0.359 e. The van der Waals surface area contributed by atoms with Gasteiger partial charge < -0.3 is 5.32 Å². The van der Waals surface area contributed by atoms with Crippen molar-refractivity contribution in [3.8, 4) is 0 Å². The molecule has 100 valence electrons. The van der Waals surface area contributed by atoms with Crippen molar-refractivity contribution < 1.29 is 0 Å². The average Bonchev–Trinajstić information content (AvgIpc) is 3.07. The molecule has 1 aliphatic heterocycles. The summed E-state index contributed by atoms with van der Waals surface area (Å²) in [6.07, 6.45) is 12.8. The lowest BCUT2D eigenvalue weighted by Crippen LogP contribution is -2.45. The van der Waals surface area contributed by atoms with Crippen molar-refractivity contribution in [2.75, 3.05) is 5.75 Å². The van der Waals surface area contributed by atoms with E-state index >= 15 is 0 Å². The maximum atomic E-state index is 5.08. The zero-order chi connectivity index (χ0) is 12.0. The molecule has 4 rings (SSSR count). The van der Waals surface area contributed by atoms with Gasteiger partial charge in [-0.25, -0.2) is 0 Å². The Hall–Kier alpha value is -0.180. The van der Waals surface area contributed by atoms with Crippen LogP contribution in [0.1, 0.15) is 57.8 Å². The van der Waals surface area contributed by atoms with E-state index in [9.17, 15) is 0 Å². The van der Waals surface area contributed by atoms with Crippen LogP contribution in [0.3, 0.4) is 0 Å². The quantitative estimate of drug-likeness (QED) is 0.783. The molecule has 1 heterocycles. The fraction of sp³-hybridized carbons (Fsp3) is 0.933. The zero-order valence-electron chi connectivity index (χ0n) is 11.2. The molecule has 0 aromatic heterocycles. The number of rotatable bonds is 1. The highest BCUT2D eigenvalue weighted by atomic mass is 32.2. The molecule has 3 heteroatoms. The predicted molar refractivity (Wildman–Crippen MR) is 78.1 cm³/mol. The molecule has 0 aromatic rings. The number of fused-ring (bicyclic) bond motifs is 2. The van der Waals surface area contributed by atoms with Gasteiger partial charge in [-0.15, -0.1) is 0 Å². The standard InChI is InChI=1S/C15H24N2S/c1-2-6-15(7-3-1)10-18-14(17-15)16-13-9-11-4-5-12(13)8-11/h11-13H,1-10H2,(H,16,17). The van der Waals surface area contributed by atoms with Crippen LogP contribution in [0.2, 0.25) is 0 Å². The highest BCUT2D eigenvalue weighted by Gasteiger charge is 2.42. The van der Waals surface area contributed by atoms with Crippen molar-refractivity contribution >= 4 is 16.9 Å². The predicted octanol–water partition coefficient (Wildman–Crippen LogP) is 3.57. The summed E-state index contributed by atoms with van der Waals surface area (Å²) in [5, 5.41) is 5.09. The fourth-order valence-corrected chi connectivity index (χ4v) is 5.87. The summed E-state index contributed by atoms with van der Waals surface area (Å²) in [5.74, 6) is 3.21. The smallest absolute Gasteiger partial charge is 0.157 e. The molecule has 2 nitrogen and oxygen atoms in total. The number of amidine groups is 1. The number of nitrogens with zero attached hydrogens (tertiary/aromatic N) is 1. The molecule has 0 aromatic carbocycles. The first-order valence-corrected chi connectivity index (χ1v) is 8.80. The number of nitrogens with one attached hydrogen (secondary N) is 1. The second-order valence-electron chi connectivity index (χ2n) is 6.93. The SMILES string of the molecule is C1CCC2(CC1)CSC(=NC1CC3CCC1C3)N2. The fourth-order valence-electron chi connectivity index (χ4n) is 4.59. The highest BCUT2D eigenvalue weighted by molar-refractivity contribution is 8.14. The van der Waals surface area contributed by atoms with Crippen molar-refractivity contribution in [3.63, 3.8) is 0 Å². The van der Waals surface area contributed by atoms with Gasteiger partial charge in [0.05, 0.1) is 6.04 Å². The van der Waals surface area contributed by atoms with Gasteiger partial charge in [0, 0.05) is 11.3 Å².